The summed E-state index contributed by atoms with van der Waals surface area (Å²) in [5.41, 5.74) is 0.425. The summed E-state index contributed by atoms with van der Waals surface area (Å²) in [5.74, 6) is -0.698. The van der Waals surface area contributed by atoms with Crippen LogP contribution in [0.25, 0.3) is 0 Å². The van der Waals surface area contributed by atoms with Crippen LogP contribution in [0.2, 0.25) is 0 Å². The van der Waals surface area contributed by atoms with Crippen molar-refractivity contribution in [2.75, 3.05) is 13.7 Å². The Bertz CT molecular complexity index is 472. The number of benzene rings is 1. The molecule has 0 bridgehead atoms. The number of ether oxygens (including phenoxy) is 2. The van der Waals surface area contributed by atoms with Gasteiger partial charge in [-0.05, 0) is 32.0 Å². The third kappa shape index (κ3) is 3.87. The summed E-state index contributed by atoms with van der Waals surface area (Å²) < 4.78 is 10.3. The SMILES string of the molecule is CCNC(=O)c1ccc(OC(C)C(=O)O)c(OC)c1. The number of carbonyl (C=O) groups excluding carboxylic acids is 1. The van der Waals surface area contributed by atoms with Crippen LogP contribution < -0.4 is 14.8 Å². The van der Waals surface area contributed by atoms with Crippen LogP contribution in [0.3, 0.4) is 0 Å². The van der Waals surface area contributed by atoms with Crippen molar-refractivity contribution < 1.29 is 24.2 Å². The predicted octanol–water partition coefficient (Wildman–Crippen LogP) is 1.30. The first-order valence-electron chi connectivity index (χ1n) is 5.85. The monoisotopic (exact) mass is 267 g/mol. The molecule has 1 atom stereocenters. The topological polar surface area (TPSA) is 84.9 Å². The molecule has 1 rings (SSSR count). The quantitative estimate of drug-likeness (QED) is 0.811. The fourth-order valence-electron chi connectivity index (χ4n) is 1.41. The van der Waals surface area contributed by atoms with Gasteiger partial charge in [0.25, 0.3) is 5.91 Å². The second-order valence-corrected chi connectivity index (χ2v) is 3.82. The van der Waals surface area contributed by atoms with E-state index in [1.807, 2.05) is 6.92 Å². The highest BCUT2D eigenvalue weighted by molar-refractivity contribution is 5.94. The summed E-state index contributed by atoms with van der Waals surface area (Å²) in [6.45, 7) is 3.76. The number of nitrogens with one attached hydrogen (secondary N) is 1. The Balaban J connectivity index is 2.96. The average molecular weight is 267 g/mol. The minimum Gasteiger partial charge on any atom is -0.493 e. The molecule has 0 aromatic heterocycles. The Morgan fingerprint density at radius 2 is 2.05 bits per heavy atom. The summed E-state index contributed by atoms with van der Waals surface area (Å²) in [4.78, 5) is 22.4. The van der Waals surface area contributed by atoms with E-state index < -0.39 is 12.1 Å². The molecular formula is C13H17NO5. The molecule has 0 saturated carbocycles. The number of amides is 1. The molecule has 0 heterocycles. The number of carboxylic acid groups (broad SMARTS) is 1. The fourth-order valence-corrected chi connectivity index (χ4v) is 1.41. The summed E-state index contributed by atoms with van der Waals surface area (Å²) in [7, 11) is 1.43. The molecule has 0 fully saturated rings. The number of carboxylic acids is 1. The van der Waals surface area contributed by atoms with Gasteiger partial charge >= 0.3 is 5.97 Å². The van der Waals surface area contributed by atoms with Gasteiger partial charge in [-0.15, -0.1) is 0 Å². The first-order valence-corrected chi connectivity index (χ1v) is 5.85. The highest BCUT2D eigenvalue weighted by atomic mass is 16.5. The van der Waals surface area contributed by atoms with Gasteiger partial charge in [-0.1, -0.05) is 0 Å². The van der Waals surface area contributed by atoms with E-state index >= 15 is 0 Å². The molecule has 19 heavy (non-hydrogen) atoms. The molecule has 2 N–H and O–H groups in total. The number of hydrogen-bond acceptors (Lipinski definition) is 4. The van der Waals surface area contributed by atoms with Gasteiger partial charge in [0.2, 0.25) is 0 Å². The van der Waals surface area contributed by atoms with E-state index in [2.05, 4.69) is 5.32 Å². The molecule has 1 aromatic rings. The third-order valence-electron chi connectivity index (χ3n) is 2.41. The largest absolute Gasteiger partial charge is 0.493 e. The summed E-state index contributed by atoms with van der Waals surface area (Å²) in [6.07, 6.45) is -0.996. The molecule has 0 radical (unpaired) electrons. The number of carbonyl (C=O) groups is 2. The van der Waals surface area contributed by atoms with Gasteiger partial charge in [-0.25, -0.2) is 4.79 Å². The van der Waals surface area contributed by atoms with Crippen molar-refractivity contribution in [3.8, 4) is 11.5 Å². The van der Waals surface area contributed by atoms with Crippen LogP contribution in [0.5, 0.6) is 11.5 Å². The first kappa shape index (κ1) is 14.8. The van der Waals surface area contributed by atoms with E-state index in [-0.39, 0.29) is 11.7 Å². The molecule has 0 saturated heterocycles. The number of methoxy groups -OCH3 is 1. The summed E-state index contributed by atoms with van der Waals surface area (Å²) in [6, 6.07) is 4.58. The van der Waals surface area contributed by atoms with E-state index in [4.69, 9.17) is 14.6 Å². The van der Waals surface area contributed by atoms with Gasteiger partial charge in [0.05, 0.1) is 7.11 Å². The second-order valence-electron chi connectivity index (χ2n) is 3.82. The normalized spacial score (nSPS) is 11.5. The van der Waals surface area contributed by atoms with Crippen LogP contribution in [0.4, 0.5) is 0 Å². The Morgan fingerprint density at radius 3 is 2.58 bits per heavy atom. The van der Waals surface area contributed by atoms with E-state index in [0.717, 1.165) is 0 Å². The van der Waals surface area contributed by atoms with Crippen molar-refractivity contribution in [3.05, 3.63) is 23.8 Å². The number of rotatable bonds is 6. The third-order valence-corrected chi connectivity index (χ3v) is 2.41. The van der Waals surface area contributed by atoms with E-state index in [0.29, 0.717) is 17.9 Å². The maximum Gasteiger partial charge on any atom is 0.344 e. The highest BCUT2D eigenvalue weighted by Gasteiger charge is 2.16. The zero-order chi connectivity index (χ0) is 14.4. The molecule has 104 valence electrons. The lowest BCUT2D eigenvalue weighted by molar-refractivity contribution is -0.144. The lowest BCUT2D eigenvalue weighted by atomic mass is 10.2. The molecule has 0 aliphatic rings. The molecule has 1 aromatic carbocycles. The van der Waals surface area contributed by atoms with Crippen LogP contribution in [0.1, 0.15) is 24.2 Å². The number of hydrogen-bond donors (Lipinski definition) is 2. The summed E-state index contributed by atoms with van der Waals surface area (Å²) >= 11 is 0. The summed E-state index contributed by atoms with van der Waals surface area (Å²) in [5, 5.41) is 11.5. The van der Waals surface area contributed by atoms with Crippen molar-refractivity contribution in [1.29, 1.82) is 0 Å². The van der Waals surface area contributed by atoms with Crippen molar-refractivity contribution >= 4 is 11.9 Å². The lowest BCUT2D eigenvalue weighted by Gasteiger charge is -2.14. The lowest BCUT2D eigenvalue weighted by Crippen LogP contribution is -2.24. The van der Waals surface area contributed by atoms with Crippen molar-refractivity contribution in [1.82, 2.24) is 5.32 Å². The maximum atomic E-state index is 11.7. The Labute approximate surface area is 111 Å². The minimum absolute atomic E-state index is 0.223. The number of aliphatic carboxylic acids is 1. The average Bonchev–Trinajstić information content (AvgIpc) is 2.39. The van der Waals surface area contributed by atoms with Crippen LogP contribution in [0, 0.1) is 0 Å². The zero-order valence-corrected chi connectivity index (χ0v) is 11.1. The molecule has 6 heteroatoms. The molecule has 0 aliphatic heterocycles. The van der Waals surface area contributed by atoms with Crippen molar-refractivity contribution in [2.24, 2.45) is 0 Å². The molecule has 0 spiro atoms. The second kappa shape index (κ2) is 6.63. The van der Waals surface area contributed by atoms with Crippen LogP contribution in [0.15, 0.2) is 18.2 Å². The van der Waals surface area contributed by atoms with E-state index in [1.54, 1.807) is 6.07 Å². The maximum absolute atomic E-state index is 11.7. The molecular weight excluding hydrogens is 250 g/mol. The van der Waals surface area contributed by atoms with Crippen molar-refractivity contribution in [2.45, 2.75) is 20.0 Å². The minimum atomic E-state index is -1.07. The van der Waals surface area contributed by atoms with Gasteiger partial charge in [-0.2, -0.15) is 0 Å². The Morgan fingerprint density at radius 1 is 1.37 bits per heavy atom. The fraction of sp³-hybridized carbons (Fsp3) is 0.385. The van der Waals surface area contributed by atoms with Crippen LogP contribution >= 0.6 is 0 Å². The van der Waals surface area contributed by atoms with Gasteiger partial charge in [0.15, 0.2) is 17.6 Å². The molecule has 1 amide bonds. The molecule has 0 aliphatic carbocycles. The van der Waals surface area contributed by atoms with Crippen LogP contribution in [-0.2, 0) is 4.79 Å². The van der Waals surface area contributed by atoms with E-state index in [1.165, 1.54) is 26.2 Å². The van der Waals surface area contributed by atoms with Gasteiger partial charge in [0, 0.05) is 12.1 Å². The Hall–Kier alpha value is -2.24. The van der Waals surface area contributed by atoms with Gasteiger partial charge in [0.1, 0.15) is 0 Å². The Kier molecular flexibility index (Phi) is 5.17. The highest BCUT2D eigenvalue weighted by Crippen LogP contribution is 2.29. The smallest absolute Gasteiger partial charge is 0.344 e. The van der Waals surface area contributed by atoms with Gasteiger partial charge in [-0.3, -0.25) is 4.79 Å². The predicted molar refractivity (Wildman–Crippen MR) is 68.7 cm³/mol. The molecule has 6 nitrogen and oxygen atoms in total. The standard InChI is InChI=1S/C13H17NO5/c1-4-14-12(15)9-5-6-10(11(7-9)18-3)19-8(2)13(16)17/h5-8H,4H2,1-3H3,(H,14,15)(H,16,17). The molecule has 1 unspecified atom stereocenters. The van der Waals surface area contributed by atoms with Gasteiger partial charge < -0.3 is 19.9 Å². The first-order chi connectivity index (χ1) is 8.99. The van der Waals surface area contributed by atoms with Crippen LogP contribution in [-0.4, -0.2) is 36.7 Å². The van der Waals surface area contributed by atoms with E-state index in [9.17, 15) is 9.59 Å². The zero-order valence-electron chi connectivity index (χ0n) is 11.1. The van der Waals surface area contributed by atoms with Crippen molar-refractivity contribution in [3.63, 3.8) is 0 Å².